The van der Waals surface area contributed by atoms with Gasteiger partial charge in [0.25, 0.3) is 0 Å². The molecule has 0 aliphatic heterocycles. The van der Waals surface area contributed by atoms with Crippen LogP contribution in [0.5, 0.6) is 11.5 Å². The van der Waals surface area contributed by atoms with E-state index in [1.165, 1.54) is 32.4 Å². The Hall–Kier alpha value is -2.90. The Morgan fingerprint density at radius 2 is 1.50 bits per heavy atom. The molecule has 0 spiro atoms. The van der Waals surface area contributed by atoms with Crippen molar-refractivity contribution < 1.29 is 22.3 Å². The quantitative estimate of drug-likeness (QED) is 0.559. The van der Waals surface area contributed by atoms with Crippen molar-refractivity contribution in [2.45, 2.75) is 23.8 Å². The Morgan fingerprint density at radius 3 is 2.10 bits per heavy atom. The number of methoxy groups -OCH3 is 2. The molecule has 0 saturated heterocycles. The van der Waals surface area contributed by atoms with Gasteiger partial charge in [0.05, 0.1) is 14.2 Å². The molecule has 0 aliphatic rings. The molecule has 1 N–H and O–H groups in total. The third kappa shape index (κ3) is 5.58. The second-order valence-electron chi connectivity index (χ2n) is 6.86. The van der Waals surface area contributed by atoms with E-state index in [2.05, 4.69) is 4.72 Å². The molecule has 0 radical (unpaired) electrons. The Kier molecular flexibility index (Phi) is 7.07. The summed E-state index contributed by atoms with van der Waals surface area (Å²) in [6.45, 7) is 0. The number of halogens is 1. The molecule has 0 amide bonds. The van der Waals surface area contributed by atoms with Crippen LogP contribution in [0.15, 0.2) is 77.7 Å². The van der Waals surface area contributed by atoms with E-state index in [-0.39, 0.29) is 16.5 Å². The molecule has 3 aromatic carbocycles. The van der Waals surface area contributed by atoms with Crippen LogP contribution >= 0.6 is 0 Å². The maximum atomic E-state index is 13.3. The minimum Gasteiger partial charge on any atom is -0.497 e. The molecule has 158 valence electrons. The van der Waals surface area contributed by atoms with Gasteiger partial charge in [0.1, 0.15) is 22.2 Å². The summed E-state index contributed by atoms with van der Waals surface area (Å²) in [4.78, 5) is 0.00141. The molecule has 1 atom stereocenters. The second-order valence-corrected chi connectivity index (χ2v) is 8.54. The SMILES string of the molecule is COc1ccc(OC)c(S(=O)(=O)N[C@@H](Cc2ccccc2)Cc2ccc(F)cc2)c1. The summed E-state index contributed by atoms with van der Waals surface area (Å²) in [6.07, 6.45) is 0.879. The van der Waals surface area contributed by atoms with Gasteiger partial charge in [-0.3, -0.25) is 0 Å². The van der Waals surface area contributed by atoms with Crippen LogP contribution in [0.1, 0.15) is 11.1 Å². The van der Waals surface area contributed by atoms with Gasteiger partial charge >= 0.3 is 0 Å². The van der Waals surface area contributed by atoms with Gasteiger partial charge in [-0.15, -0.1) is 0 Å². The zero-order valence-corrected chi connectivity index (χ0v) is 17.7. The topological polar surface area (TPSA) is 64.6 Å². The maximum Gasteiger partial charge on any atom is 0.244 e. The van der Waals surface area contributed by atoms with Crippen molar-refractivity contribution >= 4 is 10.0 Å². The first kappa shape index (κ1) is 21.8. The average Bonchev–Trinajstić information content (AvgIpc) is 2.75. The number of sulfonamides is 1. The molecule has 5 nitrogen and oxygen atoms in total. The first-order valence-electron chi connectivity index (χ1n) is 9.44. The van der Waals surface area contributed by atoms with Gasteiger partial charge in [0, 0.05) is 12.1 Å². The Balaban J connectivity index is 1.91. The molecule has 0 aromatic heterocycles. The Bertz CT molecular complexity index is 1070. The zero-order valence-electron chi connectivity index (χ0n) is 16.8. The normalized spacial score (nSPS) is 12.4. The fourth-order valence-electron chi connectivity index (χ4n) is 3.24. The van der Waals surface area contributed by atoms with Crippen molar-refractivity contribution in [1.82, 2.24) is 4.72 Å². The predicted molar refractivity (Wildman–Crippen MR) is 114 cm³/mol. The van der Waals surface area contributed by atoms with E-state index in [4.69, 9.17) is 9.47 Å². The van der Waals surface area contributed by atoms with E-state index < -0.39 is 16.1 Å². The molecule has 0 bridgehead atoms. The first-order valence-corrected chi connectivity index (χ1v) is 10.9. The highest BCUT2D eigenvalue weighted by molar-refractivity contribution is 7.89. The van der Waals surface area contributed by atoms with E-state index >= 15 is 0 Å². The molecule has 0 unspecified atom stereocenters. The summed E-state index contributed by atoms with van der Waals surface area (Å²) in [7, 11) is -1.02. The van der Waals surface area contributed by atoms with Gasteiger partial charge in [-0.1, -0.05) is 42.5 Å². The van der Waals surface area contributed by atoms with Crippen molar-refractivity contribution in [3.8, 4) is 11.5 Å². The third-order valence-corrected chi connectivity index (χ3v) is 6.24. The van der Waals surface area contributed by atoms with Crippen molar-refractivity contribution in [2.24, 2.45) is 0 Å². The van der Waals surface area contributed by atoms with Gasteiger partial charge in [-0.25, -0.2) is 17.5 Å². The summed E-state index contributed by atoms with van der Waals surface area (Å²) in [6, 6.07) is 19.8. The summed E-state index contributed by atoms with van der Waals surface area (Å²) in [5, 5.41) is 0. The van der Waals surface area contributed by atoms with Crippen molar-refractivity contribution in [1.29, 1.82) is 0 Å². The maximum absolute atomic E-state index is 13.3. The minimum atomic E-state index is -3.91. The lowest BCUT2D eigenvalue weighted by Gasteiger charge is -2.20. The monoisotopic (exact) mass is 429 g/mol. The average molecular weight is 430 g/mol. The summed E-state index contributed by atoms with van der Waals surface area (Å²) >= 11 is 0. The lowest BCUT2D eigenvalue weighted by Crippen LogP contribution is -2.38. The van der Waals surface area contributed by atoms with Gasteiger partial charge in [-0.05, 0) is 48.2 Å². The number of hydrogen-bond acceptors (Lipinski definition) is 4. The van der Waals surface area contributed by atoms with Gasteiger partial charge in [0.2, 0.25) is 10.0 Å². The van der Waals surface area contributed by atoms with E-state index in [1.807, 2.05) is 30.3 Å². The number of nitrogens with one attached hydrogen (secondary N) is 1. The summed E-state index contributed by atoms with van der Waals surface area (Å²) in [5.41, 5.74) is 1.82. The van der Waals surface area contributed by atoms with Crippen molar-refractivity contribution in [3.05, 3.63) is 89.7 Å². The third-order valence-electron chi connectivity index (χ3n) is 4.70. The van der Waals surface area contributed by atoms with Crippen LogP contribution in [-0.2, 0) is 22.9 Å². The van der Waals surface area contributed by atoms with Crippen LogP contribution in [0.3, 0.4) is 0 Å². The number of hydrogen-bond donors (Lipinski definition) is 1. The Labute approximate surface area is 176 Å². The second kappa shape index (κ2) is 9.73. The molecule has 0 heterocycles. The van der Waals surface area contributed by atoms with Crippen molar-refractivity contribution in [2.75, 3.05) is 14.2 Å². The van der Waals surface area contributed by atoms with Crippen LogP contribution in [0.4, 0.5) is 4.39 Å². The lowest BCUT2D eigenvalue weighted by atomic mass is 10.00. The molecule has 30 heavy (non-hydrogen) atoms. The first-order chi connectivity index (χ1) is 14.4. The summed E-state index contributed by atoms with van der Waals surface area (Å²) < 4.78 is 52.9. The van der Waals surface area contributed by atoms with E-state index in [1.54, 1.807) is 24.3 Å². The largest absolute Gasteiger partial charge is 0.497 e. The standard InChI is InChI=1S/C23H24FNO4S/c1-28-21-12-13-22(29-2)23(16-21)30(26,27)25-20(14-17-6-4-3-5-7-17)15-18-8-10-19(24)11-9-18/h3-13,16,20,25H,14-15H2,1-2H3/t20-/m0/s1. The molecule has 3 rings (SSSR count). The summed E-state index contributed by atoms with van der Waals surface area (Å²) in [5.74, 6) is 0.304. The molecule has 0 saturated carbocycles. The van der Waals surface area contributed by atoms with E-state index in [0.29, 0.717) is 18.6 Å². The molecular formula is C23H24FNO4S. The fourth-order valence-corrected chi connectivity index (χ4v) is 4.66. The highest BCUT2D eigenvalue weighted by atomic mass is 32.2. The highest BCUT2D eigenvalue weighted by Gasteiger charge is 2.25. The minimum absolute atomic E-state index is 0.00141. The van der Waals surface area contributed by atoms with Crippen molar-refractivity contribution in [3.63, 3.8) is 0 Å². The molecule has 7 heteroatoms. The highest BCUT2D eigenvalue weighted by Crippen LogP contribution is 2.28. The number of rotatable bonds is 9. The lowest BCUT2D eigenvalue weighted by molar-refractivity contribution is 0.391. The molecule has 0 fully saturated rings. The Morgan fingerprint density at radius 1 is 0.867 bits per heavy atom. The smallest absolute Gasteiger partial charge is 0.244 e. The number of ether oxygens (including phenoxy) is 2. The van der Waals surface area contributed by atoms with Gasteiger partial charge in [-0.2, -0.15) is 0 Å². The molecule has 0 aliphatic carbocycles. The number of benzene rings is 3. The molecular weight excluding hydrogens is 405 g/mol. The molecule has 3 aromatic rings. The van der Waals surface area contributed by atoms with Crippen LogP contribution in [0.25, 0.3) is 0 Å². The zero-order chi connectivity index (χ0) is 21.6. The van der Waals surface area contributed by atoms with Crippen LogP contribution in [0, 0.1) is 5.82 Å². The van der Waals surface area contributed by atoms with Crippen LogP contribution < -0.4 is 14.2 Å². The van der Waals surface area contributed by atoms with Gasteiger partial charge < -0.3 is 9.47 Å². The van der Waals surface area contributed by atoms with Crippen LogP contribution in [-0.4, -0.2) is 28.7 Å². The fraction of sp³-hybridized carbons (Fsp3) is 0.217. The predicted octanol–water partition coefficient (Wildman–Crippen LogP) is 3.98. The van der Waals surface area contributed by atoms with Gasteiger partial charge in [0.15, 0.2) is 0 Å². The van der Waals surface area contributed by atoms with E-state index in [0.717, 1.165) is 11.1 Å². The van der Waals surface area contributed by atoms with Crippen LogP contribution in [0.2, 0.25) is 0 Å². The van der Waals surface area contributed by atoms with E-state index in [9.17, 15) is 12.8 Å².